The minimum atomic E-state index is -0.360. The summed E-state index contributed by atoms with van der Waals surface area (Å²) in [6.07, 6.45) is 2.82. The number of rotatable bonds is 1. The van der Waals surface area contributed by atoms with Crippen molar-refractivity contribution < 1.29 is 4.79 Å². The second-order valence-corrected chi connectivity index (χ2v) is 4.99. The topological polar surface area (TPSA) is 70.7 Å². The van der Waals surface area contributed by atoms with E-state index in [2.05, 4.69) is 29.1 Å². The zero-order valence-electron chi connectivity index (χ0n) is 9.99. The second-order valence-electron chi connectivity index (χ2n) is 4.99. The predicted molar refractivity (Wildman–Crippen MR) is 63.4 cm³/mol. The van der Waals surface area contributed by atoms with Gasteiger partial charge in [0.25, 0.3) is 0 Å². The normalized spacial score (nSPS) is 31.7. The second kappa shape index (κ2) is 4.05. The van der Waals surface area contributed by atoms with Crippen LogP contribution in [-0.4, -0.2) is 41.4 Å². The Bertz CT molecular complexity index is 326. The van der Waals surface area contributed by atoms with E-state index in [4.69, 9.17) is 5.73 Å². The van der Waals surface area contributed by atoms with Gasteiger partial charge in [0.2, 0.25) is 0 Å². The molecule has 90 valence electrons. The van der Waals surface area contributed by atoms with Crippen molar-refractivity contribution in [2.45, 2.75) is 44.7 Å². The number of nitrogens with two attached hydrogens (primary N) is 1. The Morgan fingerprint density at radius 1 is 1.44 bits per heavy atom. The lowest BCUT2D eigenvalue weighted by molar-refractivity contribution is 0.225. The van der Waals surface area contributed by atoms with Gasteiger partial charge < -0.3 is 16.0 Å². The molecule has 0 aliphatic carbocycles. The van der Waals surface area contributed by atoms with E-state index in [1.165, 1.54) is 0 Å². The van der Waals surface area contributed by atoms with Gasteiger partial charge in [0.15, 0.2) is 0 Å². The molecule has 1 spiro atoms. The maximum absolute atomic E-state index is 11.3. The highest BCUT2D eigenvalue weighted by atomic mass is 16.2. The van der Waals surface area contributed by atoms with Gasteiger partial charge in [-0.2, -0.15) is 4.99 Å². The lowest BCUT2D eigenvalue weighted by Crippen LogP contribution is -2.52. The summed E-state index contributed by atoms with van der Waals surface area (Å²) in [6.45, 7) is 6.43. The number of amidine groups is 1. The molecule has 1 atom stereocenters. The van der Waals surface area contributed by atoms with Gasteiger partial charge in [0, 0.05) is 12.6 Å². The maximum Gasteiger partial charge on any atom is 0.343 e. The van der Waals surface area contributed by atoms with Crippen LogP contribution in [0.5, 0.6) is 0 Å². The van der Waals surface area contributed by atoms with Crippen LogP contribution >= 0.6 is 0 Å². The average molecular weight is 224 g/mol. The molecule has 1 fully saturated rings. The minimum Gasteiger partial charge on any atom is -0.385 e. The van der Waals surface area contributed by atoms with E-state index in [0.717, 1.165) is 32.4 Å². The Labute approximate surface area is 96.1 Å². The van der Waals surface area contributed by atoms with Gasteiger partial charge in [0.1, 0.15) is 11.4 Å². The fourth-order valence-corrected chi connectivity index (χ4v) is 2.57. The van der Waals surface area contributed by atoms with Crippen molar-refractivity contribution in [2.24, 2.45) is 10.7 Å². The van der Waals surface area contributed by atoms with Crippen LogP contribution < -0.4 is 11.1 Å². The van der Waals surface area contributed by atoms with E-state index < -0.39 is 0 Å². The van der Waals surface area contributed by atoms with E-state index in [0.29, 0.717) is 11.9 Å². The van der Waals surface area contributed by atoms with Crippen LogP contribution in [0.1, 0.15) is 33.1 Å². The molecule has 5 heteroatoms. The summed E-state index contributed by atoms with van der Waals surface area (Å²) in [4.78, 5) is 17.5. The zero-order valence-corrected chi connectivity index (χ0v) is 9.99. The summed E-state index contributed by atoms with van der Waals surface area (Å²) in [5.74, 6) is 0.475. The number of likely N-dealkylation sites (tertiary alicyclic amines) is 1. The molecule has 0 radical (unpaired) electrons. The molecule has 2 heterocycles. The summed E-state index contributed by atoms with van der Waals surface area (Å²) in [6, 6.07) is 0.265. The van der Waals surface area contributed by atoms with E-state index >= 15 is 0 Å². The molecular formula is C11H20N4O. The minimum absolute atomic E-state index is 0.282. The molecule has 0 bridgehead atoms. The van der Waals surface area contributed by atoms with Crippen LogP contribution in [0.15, 0.2) is 4.99 Å². The first kappa shape index (κ1) is 11.4. The predicted octanol–water partition coefficient (Wildman–Crippen LogP) is 0.700. The molecule has 2 aliphatic rings. The number of urea groups is 1. The lowest BCUT2D eigenvalue weighted by Gasteiger charge is -2.28. The first-order valence-corrected chi connectivity index (χ1v) is 5.94. The van der Waals surface area contributed by atoms with Gasteiger partial charge in [0.05, 0.1) is 0 Å². The molecule has 16 heavy (non-hydrogen) atoms. The maximum atomic E-state index is 11.3. The third kappa shape index (κ3) is 1.91. The van der Waals surface area contributed by atoms with Gasteiger partial charge in [-0.25, -0.2) is 4.79 Å². The Hall–Kier alpha value is -1.10. The van der Waals surface area contributed by atoms with E-state index in [9.17, 15) is 4.79 Å². The Morgan fingerprint density at radius 2 is 2.19 bits per heavy atom. The smallest absolute Gasteiger partial charge is 0.343 e. The molecule has 2 amide bonds. The van der Waals surface area contributed by atoms with Gasteiger partial charge in [-0.1, -0.05) is 0 Å². The molecule has 2 rings (SSSR count). The largest absolute Gasteiger partial charge is 0.385 e. The molecule has 1 unspecified atom stereocenters. The lowest BCUT2D eigenvalue weighted by atomic mass is 9.90. The molecule has 3 N–H and O–H groups in total. The summed E-state index contributed by atoms with van der Waals surface area (Å²) >= 11 is 0. The zero-order chi connectivity index (χ0) is 11.8. The van der Waals surface area contributed by atoms with Crippen molar-refractivity contribution >= 4 is 11.9 Å². The number of aliphatic imine (C=N–C) groups is 1. The van der Waals surface area contributed by atoms with Crippen LogP contribution in [0.4, 0.5) is 4.79 Å². The summed E-state index contributed by atoms with van der Waals surface area (Å²) in [5, 5.41) is 2.92. The fourth-order valence-electron chi connectivity index (χ4n) is 2.57. The third-order valence-electron chi connectivity index (χ3n) is 3.66. The third-order valence-corrected chi connectivity index (χ3v) is 3.66. The van der Waals surface area contributed by atoms with E-state index in [1.54, 1.807) is 0 Å². The molecular weight excluding hydrogens is 204 g/mol. The van der Waals surface area contributed by atoms with Crippen molar-refractivity contribution in [3.63, 3.8) is 0 Å². The highest BCUT2D eigenvalue weighted by Crippen LogP contribution is 2.26. The van der Waals surface area contributed by atoms with Crippen LogP contribution in [-0.2, 0) is 0 Å². The summed E-state index contributed by atoms with van der Waals surface area (Å²) < 4.78 is 0. The number of carbonyl (C=O) groups excluding carboxylic acids is 1. The first-order chi connectivity index (χ1) is 7.53. The summed E-state index contributed by atoms with van der Waals surface area (Å²) in [7, 11) is 0. The van der Waals surface area contributed by atoms with Crippen LogP contribution in [0.3, 0.4) is 0 Å². The molecule has 0 aromatic heterocycles. The van der Waals surface area contributed by atoms with Crippen molar-refractivity contribution in [2.75, 3.05) is 13.1 Å². The van der Waals surface area contributed by atoms with Gasteiger partial charge in [-0.05, 0) is 39.7 Å². The number of nitrogens with zero attached hydrogens (tertiary/aromatic N) is 2. The van der Waals surface area contributed by atoms with Crippen molar-refractivity contribution in [1.29, 1.82) is 0 Å². The van der Waals surface area contributed by atoms with Crippen molar-refractivity contribution in [3.05, 3.63) is 0 Å². The molecule has 0 aromatic rings. The van der Waals surface area contributed by atoms with Crippen molar-refractivity contribution in [3.8, 4) is 0 Å². The van der Waals surface area contributed by atoms with E-state index in [1.807, 2.05) is 0 Å². The Kier molecular flexibility index (Phi) is 2.88. The first-order valence-electron chi connectivity index (χ1n) is 5.94. The van der Waals surface area contributed by atoms with Crippen LogP contribution in [0.2, 0.25) is 0 Å². The van der Waals surface area contributed by atoms with Crippen LogP contribution in [0.25, 0.3) is 0 Å². The number of carbonyl (C=O) groups is 1. The van der Waals surface area contributed by atoms with Gasteiger partial charge >= 0.3 is 6.03 Å². The SMILES string of the molecule is CC(C)N1CCCC2(CC1)NC(=O)N=C2N. The average Bonchev–Trinajstić information content (AvgIpc) is 2.37. The van der Waals surface area contributed by atoms with Gasteiger partial charge in [-0.15, -0.1) is 0 Å². The number of hydrogen-bond acceptors (Lipinski definition) is 3. The molecule has 5 nitrogen and oxygen atoms in total. The Balaban J connectivity index is 2.09. The number of amides is 2. The van der Waals surface area contributed by atoms with Crippen LogP contribution in [0, 0.1) is 0 Å². The fraction of sp³-hybridized carbons (Fsp3) is 0.818. The molecule has 0 saturated carbocycles. The highest BCUT2D eigenvalue weighted by molar-refractivity contribution is 6.05. The quantitative estimate of drug-likeness (QED) is 0.688. The van der Waals surface area contributed by atoms with Crippen molar-refractivity contribution in [1.82, 2.24) is 10.2 Å². The monoisotopic (exact) mass is 224 g/mol. The number of nitrogens with one attached hydrogen (secondary N) is 1. The Morgan fingerprint density at radius 3 is 2.75 bits per heavy atom. The van der Waals surface area contributed by atoms with E-state index in [-0.39, 0.29) is 11.6 Å². The van der Waals surface area contributed by atoms with Gasteiger partial charge in [-0.3, -0.25) is 0 Å². The standard InChI is InChI=1S/C11H20N4O/c1-8(2)15-6-3-4-11(5-7-15)9(12)13-10(16)14-11/h8H,3-7H2,1-2H3,(H3,12,13,14,16). The number of hydrogen-bond donors (Lipinski definition) is 2. The molecule has 0 aromatic carbocycles. The highest BCUT2D eigenvalue weighted by Gasteiger charge is 2.42. The summed E-state index contributed by atoms with van der Waals surface area (Å²) in [5.41, 5.74) is 5.51. The molecule has 2 aliphatic heterocycles. The molecule has 1 saturated heterocycles.